The molecule has 0 fully saturated rings. The van der Waals surface area contributed by atoms with Gasteiger partial charge in [-0.05, 0) is 55.3 Å². The van der Waals surface area contributed by atoms with Crippen LogP contribution in [0.1, 0.15) is 35.7 Å². The van der Waals surface area contributed by atoms with Gasteiger partial charge in [-0.15, -0.1) is 0 Å². The van der Waals surface area contributed by atoms with Gasteiger partial charge in [-0.2, -0.15) is 0 Å². The summed E-state index contributed by atoms with van der Waals surface area (Å²) in [6.45, 7) is 4.43. The van der Waals surface area contributed by atoms with Gasteiger partial charge in [0.2, 0.25) is 0 Å². The molecule has 4 rings (SSSR count). The van der Waals surface area contributed by atoms with Crippen molar-refractivity contribution in [2.45, 2.75) is 26.7 Å². The Morgan fingerprint density at radius 1 is 0.925 bits per heavy atom. The molecular weight excluding hydrogens is 534 g/mol. The first-order valence-corrected chi connectivity index (χ1v) is 13.1. The first kappa shape index (κ1) is 28.5. The van der Waals surface area contributed by atoms with Gasteiger partial charge >= 0.3 is 0 Å². The van der Waals surface area contributed by atoms with Crippen LogP contribution in [0, 0.1) is 6.92 Å². The van der Waals surface area contributed by atoms with E-state index >= 15 is 0 Å². The van der Waals surface area contributed by atoms with E-state index in [4.69, 9.17) is 25.8 Å². The Bertz CT molecular complexity index is 1490. The molecule has 0 aromatic heterocycles. The highest BCUT2D eigenvalue weighted by Gasteiger charge is 2.40. The van der Waals surface area contributed by atoms with Gasteiger partial charge in [-0.3, -0.25) is 14.4 Å². The first-order chi connectivity index (χ1) is 19.3. The van der Waals surface area contributed by atoms with Crippen LogP contribution < -0.4 is 29.7 Å². The maximum atomic E-state index is 13.4. The molecule has 2 N–H and O–H groups in total. The van der Waals surface area contributed by atoms with Crippen LogP contribution in [0.5, 0.6) is 17.2 Å². The average Bonchev–Trinajstić information content (AvgIpc) is 3.17. The number of aryl methyl sites for hydroxylation is 1. The van der Waals surface area contributed by atoms with Gasteiger partial charge in [0.05, 0.1) is 32.2 Å². The monoisotopic (exact) mass is 563 g/mol. The van der Waals surface area contributed by atoms with E-state index < -0.39 is 11.8 Å². The molecule has 3 amide bonds. The zero-order valence-electron chi connectivity index (χ0n) is 22.7. The fraction of sp³-hybridized carbons (Fsp3) is 0.233. The van der Waals surface area contributed by atoms with Crippen molar-refractivity contribution in [3.8, 4) is 17.2 Å². The van der Waals surface area contributed by atoms with Crippen molar-refractivity contribution in [2.24, 2.45) is 0 Å². The highest BCUT2D eigenvalue weighted by molar-refractivity contribution is 6.53. The van der Waals surface area contributed by atoms with Crippen LogP contribution in [-0.2, 0) is 9.59 Å². The second-order valence-corrected chi connectivity index (χ2v) is 9.36. The lowest BCUT2D eigenvalue weighted by Crippen LogP contribution is -2.32. The smallest absolute Gasteiger partial charge is 0.283 e. The first-order valence-electron chi connectivity index (χ1n) is 12.7. The molecular formula is C30H30ClN3O6. The molecule has 3 aromatic carbocycles. The number of nitrogens with zero attached hydrogens (tertiary/aromatic N) is 1. The predicted octanol–water partition coefficient (Wildman–Crippen LogP) is 5.88. The van der Waals surface area contributed by atoms with Crippen molar-refractivity contribution < 1.29 is 28.6 Å². The number of benzene rings is 3. The number of hydrogen-bond acceptors (Lipinski definition) is 7. The summed E-state index contributed by atoms with van der Waals surface area (Å²) < 4.78 is 16.4. The van der Waals surface area contributed by atoms with Gasteiger partial charge in [0.15, 0.2) is 0 Å². The van der Waals surface area contributed by atoms with Crippen LogP contribution in [0.3, 0.4) is 0 Å². The molecule has 40 heavy (non-hydrogen) atoms. The van der Waals surface area contributed by atoms with Gasteiger partial charge in [0.1, 0.15) is 28.0 Å². The zero-order chi connectivity index (χ0) is 28.8. The molecule has 3 aromatic rings. The molecule has 1 aliphatic heterocycles. The minimum absolute atomic E-state index is 0.111. The normalized spacial score (nSPS) is 13.0. The number of methoxy groups -OCH3 is 2. The Morgan fingerprint density at radius 2 is 1.70 bits per heavy atom. The van der Waals surface area contributed by atoms with Crippen molar-refractivity contribution in [1.29, 1.82) is 0 Å². The average molecular weight is 564 g/mol. The fourth-order valence-corrected chi connectivity index (χ4v) is 4.26. The lowest BCUT2D eigenvalue weighted by atomic mass is 10.1. The van der Waals surface area contributed by atoms with E-state index in [9.17, 15) is 14.4 Å². The van der Waals surface area contributed by atoms with Crippen LogP contribution >= 0.6 is 11.6 Å². The number of carbonyl (C=O) groups is 3. The summed E-state index contributed by atoms with van der Waals surface area (Å²) in [6.07, 6.45) is 1.89. The minimum atomic E-state index is -0.705. The molecule has 0 aliphatic carbocycles. The van der Waals surface area contributed by atoms with Crippen molar-refractivity contribution in [1.82, 2.24) is 0 Å². The van der Waals surface area contributed by atoms with E-state index in [1.54, 1.807) is 55.5 Å². The van der Waals surface area contributed by atoms with Crippen molar-refractivity contribution in [2.75, 3.05) is 36.4 Å². The summed E-state index contributed by atoms with van der Waals surface area (Å²) in [6, 6.07) is 16.9. The van der Waals surface area contributed by atoms with Gasteiger partial charge < -0.3 is 24.8 Å². The lowest BCUT2D eigenvalue weighted by molar-refractivity contribution is -0.120. The van der Waals surface area contributed by atoms with E-state index in [0.717, 1.165) is 23.3 Å². The SMILES string of the molecule is CCCCOc1ccccc1NC(=O)c1ccc(C)c(NC2=C(Cl)C(=O)N(c3ccc(OC)cc3OC)C2=O)c1. The highest BCUT2D eigenvalue weighted by atomic mass is 35.5. The Balaban J connectivity index is 1.56. The molecule has 0 atom stereocenters. The topological polar surface area (TPSA) is 106 Å². The van der Waals surface area contributed by atoms with Crippen LogP contribution in [0.2, 0.25) is 0 Å². The molecule has 0 saturated carbocycles. The Labute approximate surface area is 237 Å². The van der Waals surface area contributed by atoms with E-state index in [2.05, 4.69) is 17.6 Å². The van der Waals surface area contributed by atoms with Gasteiger partial charge in [0, 0.05) is 17.3 Å². The number of carbonyl (C=O) groups excluding carboxylic acids is 3. The third kappa shape index (κ3) is 5.89. The fourth-order valence-electron chi connectivity index (χ4n) is 4.05. The number of nitrogens with one attached hydrogen (secondary N) is 2. The summed E-state index contributed by atoms with van der Waals surface area (Å²) in [5.41, 5.74) is 2.16. The predicted molar refractivity (Wildman–Crippen MR) is 155 cm³/mol. The van der Waals surface area contributed by atoms with E-state index in [0.29, 0.717) is 35.0 Å². The number of hydrogen-bond donors (Lipinski definition) is 2. The van der Waals surface area contributed by atoms with Crippen molar-refractivity contribution in [3.63, 3.8) is 0 Å². The lowest BCUT2D eigenvalue weighted by Gasteiger charge is -2.19. The Morgan fingerprint density at radius 3 is 2.42 bits per heavy atom. The maximum Gasteiger partial charge on any atom is 0.283 e. The molecule has 0 spiro atoms. The third-order valence-corrected chi connectivity index (χ3v) is 6.66. The summed E-state index contributed by atoms with van der Waals surface area (Å²) in [5, 5.41) is 5.57. The Hall–Kier alpha value is -4.50. The molecule has 1 heterocycles. The number of unbranched alkanes of at least 4 members (excludes halogenated alkanes) is 1. The van der Waals surface area contributed by atoms with Crippen LogP contribution in [0.4, 0.5) is 17.1 Å². The van der Waals surface area contributed by atoms with Crippen molar-refractivity contribution >= 4 is 46.4 Å². The third-order valence-electron chi connectivity index (χ3n) is 6.31. The molecule has 208 valence electrons. The molecule has 10 heteroatoms. The molecule has 1 aliphatic rings. The van der Waals surface area contributed by atoms with Crippen molar-refractivity contribution in [3.05, 3.63) is 82.5 Å². The number of halogens is 1. The summed E-state index contributed by atoms with van der Waals surface area (Å²) >= 11 is 6.35. The number of ether oxygens (including phenoxy) is 3. The molecule has 0 unspecified atom stereocenters. The number of para-hydroxylation sites is 2. The summed E-state index contributed by atoms with van der Waals surface area (Å²) in [5.74, 6) is -0.392. The molecule has 0 radical (unpaired) electrons. The largest absolute Gasteiger partial charge is 0.497 e. The molecule has 0 bridgehead atoms. The van der Waals surface area contributed by atoms with Crippen LogP contribution in [0.15, 0.2) is 71.4 Å². The summed E-state index contributed by atoms with van der Waals surface area (Å²) in [7, 11) is 2.92. The number of imide groups is 1. The highest BCUT2D eigenvalue weighted by Crippen LogP contribution is 2.38. The standard InChI is InChI=1S/C30H30ClN3O6/c1-5-6-15-40-24-10-8-7-9-21(24)33-28(35)19-12-11-18(2)22(16-19)32-27-26(31)29(36)34(30(27)37)23-14-13-20(38-3)17-25(23)39-4/h7-14,16-17,32H,5-6,15H2,1-4H3,(H,33,35). The van der Waals surface area contributed by atoms with Gasteiger partial charge in [-0.25, -0.2) is 4.90 Å². The van der Waals surface area contributed by atoms with E-state index in [-0.39, 0.29) is 28.1 Å². The second kappa shape index (κ2) is 12.6. The van der Waals surface area contributed by atoms with Gasteiger partial charge in [0.25, 0.3) is 17.7 Å². The number of anilines is 3. The Kier molecular flexibility index (Phi) is 8.96. The van der Waals surface area contributed by atoms with Gasteiger partial charge in [-0.1, -0.05) is 43.1 Å². The zero-order valence-corrected chi connectivity index (χ0v) is 23.4. The molecule has 9 nitrogen and oxygen atoms in total. The summed E-state index contributed by atoms with van der Waals surface area (Å²) in [4.78, 5) is 40.5. The van der Waals surface area contributed by atoms with E-state index in [1.807, 2.05) is 12.1 Å². The quantitative estimate of drug-likeness (QED) is 0.222. The second-order valence-electron chi connectivity index (χ2n) is 8.98. The molecule has 0 saturated heterocycles. The van der Waals surface area contributed by atoms with Crippen LogP contribution in [0.25, 0.3) is 0 Å². The number of rotatable bonds is 11. The number of amides is 3. The van der Waals surface area contributed by atoms with E-state index in [1.165, 1.54) is 14.2 Å². The minimum Gasteiger partial charge on any atom is -0.497 e. The maximum absolute atomic E-state index is 13.4. The van der Waals surface area contributed by atoms with Crippen LogP contribution in [-0.4, -0.2) is 38.5 Å².